The average molecular weight is 560 g/mol. The van der Waals surface area contributed by atoms with Gasteiger partial charge in [-0.1, -0.05) is 73.5 Å². The fraction of sp³-hybridized carbons (Fsp3) is 0.500. The largest absolute Gasteiger partial charge is 0.374 e. The number of carbonyl (C=O) groups excluding carboxylic acids is 3. The summed E-state index contributed by atoms with van der Waals surface area (Å²) >= 11 is 0. The highest BCUT2D eigenvalue weighted by atomic mass is 16.5. The van der Waals surface area contributed by atoms with Crippen molar-refractivity contribution in [3.8, 4) is 0 Å². The molecule has 2 atom stereocenters. The molecule has 1 saturated heterocycles. The summed E-state index contributed by atoms with van der Waals surface area (Å²) in [6, 6.07) is 18.8. The first-order valence-electron chi connectivity index (χ1n) is 14.6. The Balaban J connectivity index is 1.38. The summed E-state index contributed by atoms with van der Waals surface area (Å²) in [6.07, 6.45) is 5.06. The fourth-order valence-electron chi connectivity index (χ4n) is 6.08. The van der Waals surface area contributed by atoms with Crippen LogP contribution >= 0.6 is 0 Å². The summed E-state index contributed by atoms with van der Waals surface area (Å²) in [5.41, 5.74) is 6.80. The Morgan fingerprint density at radius 2 is 1.71 bits per heavy atom. The van der Waals surface area contributed by atoms with Gasteiger partial charge in [-0.15, -0.1) is 0 Å². The van der Waals surface area contributed by atoms with E-state index in [2.05, 4.69) is 5.32 Å². The molecule has 0 spiro atoms. The van der Waals surface area contributed by atoms with Crippen LogP contribution in [-0.4, -0.2) is 70.7 Å². The molecule has 2 aliphatic heterocycles. The van der Waals surface area contributed by atoms with Crippen molar-refractivity contribution in [3.63, 3.8) is 0 Å². The highest BCUT2D eigenvalue weighted by Gasteiger charge is 2.56. The Bertz CT molecular complexity index is 1270. The van der Waals surface area contributed by atoms with E-state index in [9.17, 15) is 14.4 Å². The summed E-state index contributed by atoms with van der Waals surface area (Å²) in [6.45, 7) is 4.11. The molecule has 0 aromatic heterocycles. The van der Waals surface area contributed by atoms with E-state index in [0.717, 1.165) is 42.5 Å². The van der Waals surface area contributed by atoms with Crippen LogP contribution in [0.25, 0.3) is 0 Å². The number of ether oxygens (including phenoxy) is 1. The number of benzene rings is 2. The quantitative estimate of drug-likeness (QED) is 0.464. The van der Waals surface area contributed by atoms with E-state index in [1.54, 1.807) is 23.8 Å². The molecule has 0 radical (unpaired) electrons. The van der Waals surface area contributed by atoms with E-state index in [1.165, 1.54) is 0 Å². The smallest absolute Gasteiger partial charge is 0.257 e. The number of carbonyl (C=O) groups is 3. The normalized spacial score (nSPS) is 21.9. The van der Waals surface area contributed by atoms with Crippen molar-refractivity contribution in [2.45, 2.75) is 76.6 Å². The van der Waals surface area contributed by atoms with Gasteiger partial charge in [0, 0.05) is 19.5 Å². The molecule has 2 aromatic carbocycles. The van der Waals surface area contributed by atoms with Crippen LogP contribution in [0.2, 0.25) is 0 Å². The molecule has 5 rings (SSSR count). The molecule has 2 aromatic rings. The Kier molecular flexibility index (Phi) is 8.56. The van der Waals surface area contributed by atoms with Gasteiger partial charge in [-0.3, -0.25) is 14.4 Å². The van der Waals surface area contributed by atoms with Crippen molar-refractivity contribution in [1.82, 2.24) is 15.2 Å². The monoisotopic (exact) mass is 559 g/mol. The van der Waals surface area contributed by atoms with E-state index in [0.29, 0.717) is 26.0 Å². The number of nitrogens with zero attached hydrogens (tertiary/aromatic N) is 3. The van der Waals surface area contributed by atoms with Gasteiger partial charge >= 0.3 is 0 Å². The summed E-state index contributed by atoms with van der Waals surface area (Å²) < 4.78 is 5.92. The van der Waals surface area contributed by atoms with Crippen LogP contribution in [0.3, 0.4) is 0 Å². The number of nitrogens with one attached hydrogen (secondary N) is 1. The van der Waals surface area contributed by atoms with Crippen LogP contribution in [-0.2, 0) is 32.1 Å². The van der Waals surface area contributed by atoms with Crippen molar-refractivity contribution in [2.24, 2.45) is 16.3 Å². The predicted octanol–water partition coefficient (Wildman–Crippen LogP) is 3.03. The Labute approximate surface area is 242 Å². The molecule has 3 aliphatic rings. The zero-order chi connectivity index (χ0) is 29.0. The molecule has 218 valence electrons. The van der Waals surface area contributed by atoms with Gasteiger partial charge < -0.3 is 20.7 Å². The third kappa shape index (κ3) is 6.36. The standard InChI is InChI=1S/C32H41N5O4/c1-31(2,33)29(39)34-26(21-41-20-24-13-7-4-8-14-24)28(38)36-18-17-27-32(22-36,19-23-11-5-3-6-12-23)30(40)37(35-27)25-15-9-10-16-25/h3-8,11-14,25-26H,9-10,15-22,33H2,1-2H3,(H,34,39)/t26-,32?/m1/s1. The van der Waals surface area contributed by atoms with Crippen LogP contribution in [0.4, 0.5) is 0 Å². The molecule has 3 N–H and O–H groups in total. The minimum atomic E-state index is -1.17. The number of piperidine rings is 1. The number of fused-ring (bicyclic) bond motifs is 1. The first-order chi connectivity index (χ1) is 19.7. The molecule has 9 nitrogen and oxygen atoms in total. The Morgan fingerprint density at radius 3 is 2.34 bits per heavy atom. The van der Waals surface area contributed by atoms with Gasteiger partial charge in [-0.05, 0) is 44.2 Å². The lowest BCUT2D eigenvalue weighted by atomic mass is 9.73. The minimum absolute atomic E-state index is 0.0131. The topological polar surface area (TPSA) is 117 Å². The van der Waals surface area contributed by atoms with E-state index in [1.807, 2.05) is 60.7 Å². The molecule has 2 fully saturated rings. The van der Waals surface area contributed by atoms with Gasteiger partial charge in [0.2, 0.25) is 11.8 Å². The van der Waals surface area contributed by atoms with Gasteiger partial charge in [-0.25, -0.2) is 5.01 Å². The summed E-state index contributed by atoms with van der Waals surface area (Å²) in [5.74, 6) is -0.749. The molecule has 9 heteroatoms. The second-order valence-corrected chi connectivity index (χ2v) is 12.1. The lowest BCUT2D eigenvalue weighted by Gasteiger charge is -2.41. The van der Waals surface area contributed by atoms with Crippen LogP contribution in [0.1, 0.15) is 57.1 Å². The molecule has 2 heterocycles. The lowest BCUT2D eigenvalue weighted by molar-refractivity contribution is -0.145. The van der Waals surface area contributed by atoms with E-state index >= 15 is 0 Å². The molecule has 1 saturated carbocycles. The van der Waals surface area contributed by atoms with E-state index < -0.39 is 22.9 Å². The first kappa shape index (κ1) is 29.0. The molecule has 41 heavy (non-hydrogen) atoms. The van der Waals surface area contributed by atoms with Crippen molar-refractivity contribution in [2.75, 3.05) is 19.7 Å². The van der Waals surface area contributed by atoms with Crippen molar-refractivity contribution in [1.29, 1.82) is 0 Å². The molecule has 1 aliphatic carbocycles. The highest BCUT2D eigenvalue weighted by molar-refractivity contribution is 6.14. The third-order valence-corrected chi connectivity index (χ3v) is 8.39. The van der Waals surface area contributed by atoms with Crippen LogP contribution in [0, 0.1) is 5.41 Å². The van der Waals surface area contributed by atoms with Crippen molar-refractivity contribution < 1.29 is 19.1 Å². The summed E-state index contributed by atoms with van der Waals surface area (Å²) in [4.78, 5) is 42.8. The number of amides is 3. The van der Waals surface area contributed by atoms with Gasteiger partial charge in [0.15, 0.2) is 0 Å². The maximum absolute atomic E-state index is 14.2. The predicted molar refractivity (Wildman–Crippen MR) is 157 cm³/mol. The fourth-order valence-corrected chi connectivity index (χ4v) is 6.08. The third-order valence-electron chi connectivity index (χ3n) is 8.39. The molecular weight excluding hydrogens is 518 g/mol. The lowest BCUT2D eigenvalue weighted by Crippen LogP contribution is -2.62. The summed E-state index contributed by atoms with van der Waals surface area (Å²) in [7, 11) is 0. The molecule has 0 bridgehead atoms. The molecular formula is C32H41N5O4. The van der Waals surface area contributed by atoms with Gasteiger partial charge in [0.1, 0.15) is 11.5 Å². The zero-order valence-corrected chi connectivity index (χ0v) is 24.1. The van der Waals surface area contributed by atoms with Crippen LogP contribution < -0.4 is 11.1 Å². The Hall–Kier alpha value is -3.56. The van der Waals surface area contributed by atoms with Crippen molar-refractivity contribution in [3.05, 3.63) is 71.8 Å². The number of nitrogens with two attached hydrogens (primary N) is 1. The molecule has 1 unspecified atom stereocenters. The minimum Gasteiger partial charge on any atom is -0.374 e. The van der Waals surface area contributed by atoms with Gasteiger partial charge in [0.25, 0.3) is 5.91 Å². The SMILES string of the molecule is CC(C)(N)C(=O)N[C@H](COCc1ccccc1)C(=O)N1CCC2=NN(C3CCCC3)C(=O)C2(Cc2ccccc2)C1. The number of hydrazone groups is 1. The van der Waals surface area contributed by atoms with E-state index in [-0.39, 0.29) is 31.0 Å². The summed E-state index contributed by atoms with van der Waals surface area (Å²) in [5, 5.41) is 9.44. The number of rotatable bonds is 10. The van der Waals surface area contributed by atoms with Crippen molar-refractivity contribution >= 4 is 23.4 Å². The van der Waals surface area contributed by atoms with Crippen LogP contribution in [0.5, 0.6) is 0 Å². The first-order valence-corrected chi connectivity index (χ1v) is 14.6. The maximum Gasteiger partial charge on any atom is 0.257 e. The number of hydrogen-bond acceptors (Lipinski definition) is 6. The van der Waals surface area contributed by atoms with Crippen LogP contribution in [0.15, 0.2) is 65.8 Å². The number of likely N-dealkylation sites (tertiary alicyclic amines) is 1. The number of hydrogen-bond donors (Lipinski definition) is 2. The average Bonchev–Trinajstić information content (AvgIpc) is 3.59. The highest BCUT2D eigenvalue weighted by Crippen LogP contribution is 2.41. The van der Waals surface area contributed by atoms with Gasteiger partial charge in [0.05, 0.1) is 30.5 Å². The zero-order valence-electron chi connectivity index (χ0n) is 24.1. The second-order valence-electron chi connectivity index (χ2n) is 12.1. The molecule has 3 amide bonds. The van der Waals surface area contributed by atoms with Gasteiger partial charge in [-0.2, -0.15) is 5.10 Å². The maximum atomic E-state index is 14.2. The van der Waals surface area contributed by atoms with E-state index in [4.69, 9.17) is 15.6 Å². The second kappa shape index (κ2) is 12.1. The Morgan fingerprint density at radius 1 is 1.07 bits per heavy atom.